The minimum absolute atomic E-state index is 0.0290. The molecule has 0 saturated carbocycles. The Kier molecular flexibility index (Phi) is 4.62. The third-order valence-electron chi connectivity index (χ3n) is 3.82. The molecular weight excluding hydrogens is 297 g/mol. The Bertz CT molecular complexity index is 566. The number of nitrogens with zero attached hydrogens (tertiary/aromatic N) is 2. The van der Waals surface area contributed by atoms with Gasteiger partial charge in [-0.25, -0.2) is 0 Å². The summed E-state index contributed by atoms with van der Waals surface area (Å²) in [5, 5.41) is 0. The number of primary amides is 1. The zero-order valence-corrected chi connectivity index (χ0v) is 12.3. The van der Waals surface area contributed by atoms with Crippen molar-refractivity contribution in [3.05, 3.63) is 28.8 Å². The van der Waals surface area contributed by atoms with Gasteiger partial charge in [0.2, 0.25) is 5.91 Å². The maximum Gasteiger partial charge on any atom is 0.416 e. The molecule has 0 bridgehead atoms. The molecular formula is C14H19F3N4O. The average molecular weight is 316 g/mol. The van der Waals surface area contributed by atoms with E-state index in [0.29, 0.717) is 13.1 Å². The predicted molar refractivity (Wildman–Crippen MR) is 77.1 cm³/mol. The van der Waals surface area contributed by atoms with Crippen LogP contribution in [0.25, 0.3) is 0 Å². The van der Waals surface area contributed by atoms with Gasteiger partial charge in [0.1, 0.15) is 0 Å². The summed E-state index contributed by atoms with van der Waals surface area (Å²) in [7, 11) is 1.95. The van der Waals surface area contributed by atoms with Crippen LogP contribution in [0, 0.1) is 0 Å². The molecule has 1 aliphatic rings. The summed E-state index contributed by atoms with van der Waals surface area (Å²) in [5.74, 6) is -0.901. The van der Waals surface area contributed by atoms with Gasteiger partial charge < -0.3 is 16.4 Å². The third kappa shape index (κ3) is 3.69. The van der Waals surface area contributed by atoms with E-state index in [0.717, 1.165) is 19.2 Å². The van der Waals surface area contributed by atoms with Crippen LogP contribution in [-0.2, 0) is 12.7 Å². The van der Waals surface area contributed by atoms with Crippen LogP contribution in [0.15, 0.2) is 12.1 Å². The fourth-order valence-electron chi connectivity index (χ4n) is 2.57. The van der Waals surface area contributed by atoms with E-state index in [1.807, 2.05) is 11.9 Å². The molecule has 4 N–H and O–H groups in total. The second kappa shape index (κ2) is 6.13. The van der Waals surface area contributed by atoms with Crippen LogP contribution in [0.5, 0.6) is 0 Å². The van der Waals surface area contributed by atoms with Crippen molar-refractivity contribution >= 4 is 11.6 Å². The molecule has 0 atom stereocenters. The summed E-state index contributed by atoms with van der Waals surface area (Å²) in [4.78, 5) is 15.5. The van der Waals surface area contributed by atoms with E-state index >= 15 is 0 Å². The molecule has 0 spiro atoms. The van der Waals surface area contributed by atoms with Crippen LogP contribution >= 0.6 is 0 Å². The van der Waals surface area contributed by atoms with E-state index in [1.54, 1.807) is 0 Å². The maximum atomic E-state index is 13.3. The number of amides is 1. The van der Waals surface area contributed by atoms with Crippen molar-refractivity contribution in [1.29, 1.82) is 0 Å². The number of carbonyl (C=O) groups is 1. The molecule has 0 aromatic heterocycles. The fraction of sp³-hybridized carbons (Fsp3) is 0.500. The molecule has 0 unspecified atom stereocenters. The minimum Gasteiger partial charge on any atom is -0.399 e. The average Bonchev–Trinajstić information content (AvgIpc) is 2.41. The standard InChI is InChI=1S/C14H19F3N4O/c1-20-2-4-21(5-3-20)8-11-10(13(19)22)6-9(18)7-12(11)14(15,16)17/h6-7H,2-5,8,18H2,1H3,(H2,19,22). The summed E-state index contributed by atoms with van der Waals surface area (Å²) in [5.41, 5.74) is 9.45. The highest BCUT2D eigenvalue weighted by Crippen LogP contribution is 2.35. The number of hydrogen-bond acceptors (Lipinski definition) is 4. The molecule has 1 heterocycles. The van der Waals surface area contributed by atoms with E-state index in [1.165, 1.54) is 6.07 Å². The lowest BCUT2D eigenvalue weighted by Gasteiger charge is -2.33. The molecule has 122 valence electrons. The molecule has 8 heteroatoms. The van der Waals surface area contributed by atoms with Crippen molar-refractivity contribution in [1.82, 2.24) is 9.80 Å². The van der Waals surface area contributed by atoms with E-state index in [9.17, 15) is 18.0 Å². The minimum atomic E-state index is -4.58. The summed E-state index contributed by atoms with van der Waals surface area (Å²) >= 11 is 0. The molecule has 1 fully saturated rings. The van der Waals surface area contributed by atoms with Crippen LogP contribution in [0.4, 0.5) is 18.9 Å². The predicted octanol–water partition coefficient (Wildman–Crippen LogP) is 1.13. The fourth-order valence-corrected chi connectivity index (χ4v) is 2.57. The normalized spacial score (nSPS) is 17.6. The monoisotopic (exact) mass is 316 g/mol. The number of anilines is 1. The molecule has 22 heavy (non-hydrogen) atoms. The summed E-state index contributed by atoms with van der Waals surface area (Å²) in [6.07, 6.45) is -4.58. The highest BCUT2D eigenvalue weighted by atomic mass is 19.4. The Morgan fingerprint density at radius 1 is 1.23 bits per heavy atom. The first-order valence-corrected chi connectivity index (χ1v) is 6.89. The first-order chi connectivity index (χ1) is 10.2. The molecule has 0 radical (unpaired) electrons. The summed E-state index contributed by atoms with van der Waals surface area (Å²) in [6, 6.07) is 2.07. The quantitative estimate of drug-likeness (QED) is 0.820. The smallest absolute Gasteiger partial charge is 0.399 e. The van der Waals surface area contributed by atoms with Gasteiger partial charge in [0, 0.05) is 44.0 Å². The maximum absolute atomic E-state index is 13.3. The van der Waals surface area contributed by atoms with Crippen molar-refractivity contribution in [2.45, 2.75) is 12.7 Å². The topological polar surface area (TPSA) is 75.6 Å². The number of rotatable bonds is 3. The lowest BCUT2D eigenvalue weighted by molar-refractivity contribution is -0.138. The highest BCUT2D eigenvalue weighted by molar-refractivity contribution is 5.95. The van der Waals surface area contributed by atoms with Crippen molar-refractivity contribution in [3.63, 3.8) is 0 Å². The number of likely N-dealkylation sites (N-methyl/N-ethyl adjacent to an activating group) is 1. The van der Waals surface area contributed by atoms with E-state index in [2.05, 4.69) is 4.90 Å². The van der Waals surface area contributed by atoms with Gasteiger partial charge in [0.05, 0.1) is 5.56 Å². The van der Waals surface area contributed by atoms with Crippen molar-refractivity contribution < 1.29 is 18.0 Å². The number of carbonyl (C=O) groups excluding carboxylic acids is 1. The number of benzene rings is 1. The van der Waals surface area contributed by atoms with E-state index < -0.39 is 17.6 Å². The van der Waals surface area contributed by atoms with Crippen molar-refractivity contribution in [3.8, 4) is 0 Å². The Morgan fingerprint density at radius 3 is 2.32 bits per heavy atom. The van der Waals surface area contributed by atoms with E-state index in [4.69, 9.17) is 11.5 Å². The van der Waals surface area contributed by atoms with Crippen molar-refractivity contribution in [2.75, 3.05) is 39.0 Å². The molecule has 1 aromatic rings. The van der Waals surface area contributed by atoms with Gasteiger partial charge in [-0.05, 0) is 24.7 Å². The zero-order chi connectivity index (χ0) is 16.5. The second-order valence-electron chi connectivity index (χ2n) is 5.54. The molecule has 1 amide bonds. The van der Waals surface area contributed by atoms with Crippen LogP contribution < -0.4 is 11.5 Å². The van der Waals surface area contributed by atoms with Gasteiger partial charge >= 0.3 is 6.18 Å². The number of alkyl halides is 3. The second-order valence-corrected chi connectivity index (χ2v) is 5.54. The molecule has 5 nitrogen and oxygen atoms in total. The molecule has 0 aliphatic carbocycles. The largest absolute Gasteiger partial charge is 0.416 e. The van der Waals surface area contributed by atoms with Crippen LogP contribution in [0.1, 0.15) is 21.5 Å². The SMILES string of the molecule is CN1CCN(Cc2c(C(N)=O)cc(N)cc2C(F)(F)F)CC1. The van der Waals surface area contributed by atoms with Gasteiger partial charge in [0.15, 0.2) is 0 Å². The molecule has 2 rings (SSSR count). The number of nitrogens with two attached hydrogens (primary N) is 2. The van der Waals surface area contributed by atoms with Crippen LogP contribution in [0.2, 0.25) is 0 Å². The number of hydrogen-bond donors (Lipinski definition) is 2. The number of nitrogen functional groups attached to an aromatic ring is 1. The van der Waals surface area contributed by atoms with E-state index in [-0.39, 0.29) is 23.4 Å². The van der Waals surface area contributed by atoms with Crippen LogP contribution in [-0.4, -0.2) is 48.9 Å². The Hall–Kier alpha value is -1.80. The lowest BCUT2D eigenvalue weighted by Crippen LogP contribution is -2.44. The number of piperazine rings is 1. The van der Waals surface area contributed by atoms with Gasteiger partial charge in [-0.2, -0.15) is 13.2 Å². The Balaban J connectivity index is 2.40. The van der Waals surface area contributed by atoms with Crippen LogP contribution in [0.3, 0.4) is 0 Å². The highest BCUT2D eigenvalue weighted by Gasteiger charge is 2.36. The van der Waals surface area contributed by atoms with Crippen molar-refractivity contribution in [2.24, 2.45) is 5.73 Å². The first kappa shape index (κ1) is 16.6. The van der Waals surface area contributed by atoms with Gasteiger partial charge in [-0.3, -0.25) is 9.69 Å². The zero-order valence-electron chi connectivity index (χ0n) is 12.3. The molecule has 1 saturated heterocycles. The lowest BCUT2D eigenvalue weighted by atomic mass is 9.98. The third-order valence-corrected chi connectivity index (χ3v) is 3.82. The number of halogens is 3. The van der Waals surface area contributed by atoms with Gasteiger partial charge in [0.25, 0.3) is 0 Å². The van der Waals surface area contributed by atoms with Gasteiger partial charge in [-0.1, -0.05) is 0 Å². The summed E-state index contributed by atoms with van der Waals surface area (Å²) in [6.45, 7) is 2.83. The Labute approximate surface area is 126 Å². The first-order valence-electron chi connectivity index (χ1n) is 6.89. The van der Waals surface area contributed by atoms with Gasteiger partial charge in [-0.15, -0.1) is 0 Å². The molecule has 1 aliphatic heterocycles. The Morgan fingerprint density at radius 2 is 1.82 bits per heavy atom. The molecule has 1 aromatic carbocycles. The summed E-state index contributed by atoms with van der Waals surface area (Å²) < 4.78 is 39.8.